The number of methoxy groups -OCH3 is 1. The molecule has 3 atom stereocenters. The number of hydrogen-bond donors (Lipinski definition) is 1. The largest absolute Gasteiger partial charge is 0.486 e. The maximum absolute atomic E-state index is 5.61. The van der Waals surface area contributed by atoms with E-state index in [-0.39, 0.29) is 18.2 Å². The SMILES string of the molecule is COC(C)C(C)NC(C)c1ccc2c(c1)OCCO2. The van der Waals surface area contributed by atoms with E-state index >= 15 is 0 Å². The molecule has 1 aliphatic rings. The highest BCUT2D eigenvalue weighted by molar-refractivity contribution is 5.44. The first-order valence-corrected chi connectivity index (χ1v) is 6.80. The molecule has 0 fully saturated rings. The second-order valence-corrected chi connectivity index (χ2v) is 5.02. The highest BCUT2D eigenvalue weighted by atomic mass is 16.6. The molecule has 0 aliphatic carbocycles. The van der Waals surface area contributed by atoms with Crippen LogP contribution in [0.1, 0.15) is 32.4 Å². The van der Waals surface area contributed by atoms with E-state index in [0.717, 1.165) is 11.5 Å². The lowest BCUT2D eigenvalue weighted by Gasteiger charge is -2.26. The molecule has 0 aromatic heterocycles. The van der Waals surface area contributed by atoms with E-state index in [0.29, 0.717) is 13.2 Å². The Balaban J connectivity index is 2.05. The van der Waals surface area contributed by atoms with Crippen LogP contribution in [0.4, 0.5) is 0 Å². The normalized spacial score (nSPS) is 18.7. The van der Waals surface area contributed by atoms with E-state index in [1.54, 1.807) is 7.11 Å². The Hall–Kier alpha value is -1.26. The van der Waals surface area contributed by atoms with Gasteiger partial charge in [-0.2, -0.15) is 0 Å². The number of fused-ring (bicyclic) bond motifs is 1. The Labute approximate surface area is 115 Å². The van der Waals surface area contributed by atoms with Crippen LogP contribution in [0.5, 0.6) is 11.5 Å². The predicted octanol–water partition coefficient (Wildman–Crippen LogP) is 2.53. The van der Waals surface area contributed by atoms with Gasteiger partial charge < -0.3 is 19.5 Å². The lowest BCUT2D eigenvalue weighted by Crippen LogP contribution is -2.38. The van der Waals surface area contributed by atoms with E-state index in [2.05, 4.69) is 38.2 Å². The fourth-order valence-electron chi connectivity index (χ4n) is 2.16. The molecular weight excluding hydrogens is 242 g/mol. The Bertz CT molecular complexity index is 422. The number of benzene rings is 1. The van der Waals surface area contributed by atoms with Gasteiger partial charge in [-0.05, 0) is 38.5 Å². The third-order valence-corrected chi connectivity index (χ3v) is 3.66. The molecule has 0 amide bonds. The fourth-order valence-corrected chi connectivity index (χ4v) is 2.16. The molecule has 19 heavy (non-hydrogen) atoms. The Morgan fingerprint density at radius 3 is 2.47 bits per heavy atom. The zero-order chi connectivity index (χ0) is 13.8. The molecule has 0 saturated carbocycles. The summed E-state index contributed by atoms with van der Waals surface area (Å²) >= 11 is 0. The summed E-state index contributed by atoms with van der Waals surface area (Å²) in [4.78, 5) is 0. The van der Waals surface area contributed by atoms with Gasteiger partial charge in [0, 0.05) is 19.2 Å². The number of ether oxygens (including phenoxy) is 3. The summed E-state index contributed by atoms with van der Waals surface area (Å²) in [5.41, 5.74) is 1.19. The molecule has 1 aromatic carbocycles. The molecule has 0 spiro atoms. The first-order valence-electron chi connectivity index (χ1n) is 6.80. The van der Waals surface area contributed by atoms with E-state index in [4.69, 9.17) is 14.2 Å². The minimum Gasteiger partial charge on any atom is -0.486 e. The van der Waals surface area contributed by atoms with Crippen molar-refractivity contribution in [1.29, 1.82) is 0 Å². The summed E-state index contributed by atoms with van der Waals surface area (Å²) in [6.07, 6.45) is 0.180. The molecule has 106 valence electrons. The molecule has 1 N–H and O–H groups in total. The Morgan fingerprint density at radius 1 is 1.11 bits per heavy atom. The number of rotatable bonds is 5. The summed E-state index contributed by atoms with van der Waals surface area (Å²) in [6, 6.07) is 6.63. The predicted molar refractivity (Wildman–Crippen MR) is 74.9 cm³/mol. The highest BCUT2D eigenvalue weighted by Gasteiger charge is 2.17. The zero-order valence-electron chi connectivity index (χ0n) is 12.1. The minimum atomic E-state index is 0.180. The van der Waals surface area contributed by atoms with Gasteiger partial charge in [-0.3, -0.25) is 0 Å². The van der Waals surface area contributed by atoms with Gasteiger partial charge in [0.2, 0.25) is 0 Å². The van der Waals surface area contributed by atoms with Crippen LogP contribution in [0.15, 0.2) is 18.2 Å². The van der Waals surface area contributed by atoms with Crippen molar-refractivity contribution in [3.63, 3.8) is 0 Å². The lowest BCUT2D eigenvalue weighted by atomic mass is 10.1. The first kappa shape index (κ1) is 14.2. The summed E-state index contributed by atoms with van der Waals surface area (Å²) < 4.78 is 16.5. The molecule has 1 heterocycles. The standard InChI is InChI=1S/C15H23NO3/c1-10(12(3)17-4)16-11(2)13-5-6-14-15(9-13)19-8-7-18-14/h5-6,9-12,16H,7-8H2,1-4H3. The maximum atomic E-state index is 5.61. The zero-order valence-corrected chi connectivity index (χ0v) is 12.1. The number of nitrogens with one attached hydrogen (secondary N) is 1. The van der Waals surface area contributed by atoms with Gasteiger partial charge in [0.15, 0.2) is 11.5 Å². The molecule has 1 aromatic rings. The van der Waals surface area contributed by atoms with Crippen molar-refractivity contribution in [2.24, 2.45) is 0 Å². The second kappa shape index (κ2) is 6.26. The molecule has 0 radical (unpaired) electrons. The van der Waals surface area contributed by atoms with Crippen molar-refractivity contribution in [3.8, 4) is 11.5 Å². The highest BCUT2D eigenvalue weighted by Crippen LogP contribution is 2.32. The van der Waals surface area contributed by atoms with Gasteiger partial charge in [-0.1, -0.05) is 6.07 Å². The Morgan fingerprint density at radius 2 is 1.79 bits per heavy atom. The van der Waals surface area contributed by atoms with Gasteiger partial charge in [-0.15, -0.1) is 0 Å². The average Bonchev–Trinajstić information content (AvgIpc) is 2.45. The second-order valence-electron chi connectivity index (χ2n) is 5.02. The quantitative estimate of drug-likeness (QED) is 0.888. The van der Waals surface area contributed by atoms with Crippen molar-refractivity contribution < 1.29 is 14.2 Å². The van der Waals surface area contributed by atoms with Crippen LogP contribution in [-0.2, 0) is 4.74 Å². The summed E-state index contributed by atoms with van der Waals surface area (Å²) in [7, 11) is 1.73. The first-order chi connectivity index (χ1) is 9.11. The molecule has 3 unspecified atom stereocenters. The third-order valence-electron chi connectivity index (χ3n) is 3.66. The van der Waals surface area contributed by atoms with E-state index < -0.39 is 0 Å². The van der Waals surface area contributed by atoms with Gasteiger partial charge in [0.25, 0.3) is 0 Å². The molecule has 4 nitrogen and oxygen atoms in total. The maximum Gasteiger partial charge on any atom is 0.161 e. The molecule has 0 saturated heterocycles. The van der Waals surface area contributed by atoms with Crippen LogP contribution >= 0.6 is 0 Å². The van der Waals surface area contributed by atoms with Gasteiger partial charge >= 0.3 is 0 Å². The molecular formula is C15H23NO3. The van der Waals surface area contributed by atoms with Crippen molar-refractivity contribution >= 4 is 0 Å². The third kappa shape index (κ3) is 3.39. The smallest absolute Gasteiger partial charge is 0.161 e. The average molecular weight is 265 g/mol. The van der Waals surface area contributed by atoms with E-state index in [9.17, 15) is 0 Å². The van der Waals surface area contributed by atoms with Crippen LogP contribution in [0.3, 0.4) is 0 Å². The summed E-state index contributed by atoms with van der Waals surface area (Å²) in [6.45, 7) is 7.58. The van der Waals surface area contributed by atoms with Crippen LogP contribution in [0.25, 0.3) is 0 Å². The van der Waals surface area contributed by atoms with Crippen LogP contribution in [0, 0.1) is 0 Å². The summed E-state index contributed by atoms with van der Waals surface area (Å²) in [5.74, 6) is 1.67. The molecule has 0 bridgehead atoms. The minimum absolute atomic E-state index is 0.180. The Kier molecular flexibility index (Phi) is 4.66. The molecule has 1 aliphatic heterocycles. The molecule has 2 rings (SSSR count). The fraction of sp³-hybridized carbons (Fsp3) is 0.600. The van der Waals surface area contributed by atoms with Crippen molar-refractivity contribution in [2.45, 2.75) is 39.0 Å². The monoisotopic (exact) mass is 265 g/mol. The van der Waals surface area contributed by atoms with E-state index in [1.807, 2.05) is 6.07 Å². The lowest BCUT2D eigenvalue weighted by molar-refractivity contribution is 0.0851. The summed E-state index contributed by atoms with van der Waals surface area (Å²) in [5, 5.41) is 3.53. The molecule has 4 heteroatoms. The van der Waals surface area contributed by atoms with Crippen molar-refractivity contribution in [3.05, 3.63) is 23.8 Å². The van der Waals surface area contributed by atoms with Crippen molar-refractivity contribution in [1.82, 2.24) is 5.32 Å². The van der Waals surface area contributed by atoms with Gasteiger partial charge in [0.05, 0.1) is 6.10 Å². The van der Waals surface area contributed by atoms with Gasteiger partial charge in [-0.25, -0.2) is 0 Å². The van der Waals surface area contributed by atoms with E-state index in [1.165, 1.54) is 5.56 Å². The van der Waals surface area contributed by atoms with Crippen molar-refractivity contribution in [2.75, 3.05) is 20.3 Å². The van der Waals surface area contributed by atoms with Crippen LogP contribution in [-0.4, -0.2) is 32.5 Å². The topological polar surface area (TPSA) is 39.7 Å². The van der Waals surface area contributed by atoms with Crippen LogP contribution in [0.2, 0.25) is 0 Å². The van der Waals surface area contributed by atoms with Gasteiger partial charge in [0.1, 0.15) is 13.2 Å². The van der Waals surface area contributed by atoms with Crippen LogP contribution < -0.4 is 14.8 Å². The number of hydrogen-bond acceptors (Lipinski definition) is 4.